The summed E-state index contributed by atoms with van der Waals surface area (Å²) in [4.78, 5) is 10.3. The Balaban J connectivity index is 2.65. The summed E-state index contributed by atoms with van der Waals surface area (Å²) in [6, 6.07) is 7.47. The van der Waals surface area contributed by atoms with Crippen LogP contribution in [-0.2, 0) is 0 Å². The van der Waals surface area contributed by atoms with E-state index in [1.165, 1.54) is 0 Å². The Hall–Kier alpha value is -1.71. The molecule has 0 saturated heterocycles. The average Bonchev–Trinajstić information content (AvgIpc) is 2.15. The Labute approximate surface area is 82.7 Å². The van der Waals surface area contributed by atoms with Gasteiger partial charge >= 0.3 is 6.09 Å². The maximum Gasteiger partial charge on any atom is 0.404 e. The minimum Gasteiger partial charge on any atom is -0.465 e. The van der Waals surface area contributed by atoms with E-state index in [0.29, 0.717) is 12.2 Å². The summed E-state index contributed by atoms with van der Waals surface area (Å²) < 4.78 is 0. The molecule has 0 aliphatic heterocycles. The topological polar surface area (TPSA) is 75.3 Å². The number of rotatable bonds is 3. The molecule has 1 rings (SSSR count). The maximum atomic E-state index is 10.3. The van der Waals surface area contributed by atoms with Crippen LogP contribution in [-0.4, -0.2) is 17.7 Å². The molecular formula is C10H14N2O2. The van der Waals surface area contributed by atoms with Crippen molar-refractivity contribution >= 4 is 11.8 Å². The van der Waals surface area contributed by atoms with Crippen LogP contribution in [0.3, 0.4) is 0 Å². The summed E-state index contributed by atoms with van der Waals surface area (Å²) in [5, 5.41) is 10.8. The van der Waals surface area contributed by atoms with Crippen LogP contribution in [0.5, 0.6) is 0 Å². The molecule has 1 aromatic carbocycles. The van der Waals surface area contributed by atoms with Crippen molar-refractivity contribution in [1.29, 1.82) is 0 Å². The molecule has 0 saturated carbocycles. The number of hydrogen-bond donors (Lipinski definition) is 3. The minimum absolute atomic E-state index is 0.0901. The molecule has 0 fully saturated rings. The largest absolute Gasteiger partial charge is 0.465 e. The summed E-state index contributed by atoms with van der Waals surface area (Å²) in [7, 11) is 0. The number of nitrogen functional groups attached to an aromatic ring is 1. The standard InChI is InChI=1S/C10H14N2O2/c1-7(6-12-10(13)14)8-4-2-3-5-9(8)11/h2-5,7,12H,6,11H2,1H3,(H,13,14)/t7-/m0/s1. The zero-order chi connectivity index (χ0) is 10.6. The van der Waals surface area contributed by atoms with Crippen molar-refractivity contribution in [2.24, 2.45) is 0 Å². The Morgan fingerprint density at radius 3 is 2.79 bits per heavy atom. The van der Waals surface area contributed by atoms with Crippen LogP contribution in [0.1, 0.15) is 18.4 Å². The summed E-state index contributed by atoms with van der Waals surface area (Å²) in [5.41, 5.74) is 7.43. The molecule has 1 aromatic rings. The van der Waals surface area contributed by atoms with E-state index >= 15 is 0 Å². The Bertz CT molecular complexity index is 326. The van der Waals surface area contributed by atoms with Crippen LogP contribution >= 0.6 is 0 Å². The van der Waals surface area contributed by atoms with Crippen LogP contribution in [0.15, 0.2) is 24.3 Å². The van der Waals surface area contributed by atoms with Gasteiger partial charge < -0.3 is 16.2 Å². The third-order valence-corrected chi connectivity index (χ3v) is 2.09. The lowest BCUT2D eigenvalue weighted by Crippen LogP contribution is -2.25. The van der Waals surface area contributed by atoms with Gasteiger partial charge in [0.2, 0.25) is 0 Å². The van der Waals surface area contributed by atoms with Gasteiger partial charge in [-0.3, -0.25) is 0 Å². The van der Waals surface area contributed by atoms with E-state index in [2.05, 4.69) is 5.32 Å². The highest BCUT2D eigenvalue weighted by Crippen LogP contribution is 2.20. The van der Waals surface area contributed by atoms with Gasteiger partial charge in [-0.2, -0.15) is 0 Å². The smallest absolute Gasteiger partial charge is 0.404 e. The van der Waals surface area contributed by atoms with Crippen molar-refractivity contribution in [2.45, 2.75) is 12.8 Å². The fourth-order valence-corrected chi connectivity index (χ4v) is 1.31. The molecular weight excluding hydrogens is 180 g/mol. The van der Waals surface area contributed by atoms with E-state index in [1.807, 2.05) is 31.2 Å². The van der Waals surface area contributed by atoms with Gasteiger partial charge in [0.15, 0.2) is 0 Å². The van der Waals surface area contributed by atoms with Crippen LogP contribution in [0.2, 0.25) is 0 Å². The highest BCUT2D eigenvalue weighted by molar-refractivity contribution is 5.64. The number of benzene rings is 1. The van der Waals surface area contributed by atoms with Gasteiger partial charge in [0.1, 0.15) is 0 Å². The van der Waals surface area contributed by atoms with Gasteiger partial charge in [-0.15, -0.1) is 0 Å². The first-order valence-electron chi connectivity index (χ1n) is 4.42. The molecule has 4 N–H and O–H groups in total. The number of carboxylic acid groups (broad SMARTS) is 1. The van der Waals surface area contributed by atoms with Gasteiger partial charge in [0.05, 0.1) is 0 Å². The Morgan fingerprint density at radius 1 is 1.57 bits per heavy atom. The number of nitrogens with two attached hydrogens (primary N) is 1. The second kappa shape index (κ2) is 4.50. The molecule has 76 valence electrons. The molecule has 0 bridgehead atoms. The van der Waals surface area contributed by atoms with Crippen molar-refractivity contribution in [3.05, 3.63) is 29.8 Å². The highest BCUT2D eigenvalue weighted by atomic mass is 16.4. The lowest BCUT2D eigenvalue weighted by Gasteiger charge is -2.13. The van der Waals surface area contributed by atoms with E-state index < -0.39 is 6.09 Å². The molecule has 0 heterocycles. The molecule has 1 atom stereocenters. The van der Waals surface area contributed by atoms with E-state index in [9.17, 15) is 4.79 Å². The van der Waals surface area contributed by atoms with Crippen LogP contribution < -0.4 is 11.1 Å². The predicted molar refractivity (Wildman–Crippen MR) is 55.3 cm³/mol. The molecule has 14 heavy (non-hydrogen) atoms. The Morgan fingerprint density at radius 2 is 2.21 bits per heavy atom. The molecule has 4 nitrogen and oxygen atoms in total. The summed E-state index contributed by atoms with van der Waals surface area (Å²) in [6.07, 6.45) is -1.01. The predicted octanol–water partition coefficient (Wildman–Crippen LogP) is 1.64. The quantitative estimate of drug-likeness (QED) is 0.640. The Kier molecular flexibility index (Phi) is 3.34. The van der Waals surface area contributed by atoms with Gasteiger partial charge in [-0.1, -0.05) is 25.1 Å². The van der Waals surface area contributed by atoms with Crippen LogP contribution in [0.25, 0.3) is 0 Å². The number of anilines is 1. The van der Waals surface area contributed by atoms with E-state index in [-0.39, 0.29) is 5.92 Å². The number of nitrogens with one attached hydrogen (secondary N) is 1. The first-order chi connectivity index (χ1) is 6.61. The first-order valence-corrected chi connectivity index (χ1v) is 4.42. The maximum absolute atomic E-state index is 10.3. The average molecular weight is 194 g/mol. The molecule has 4 heteroatoms. The number of carbonyl (C=O) groups is 1. The number of para-hydroxylation sites is 1. The lowest BCUT2D eigenvalue weighted by molar-refractivity contribution is 0.194. The number of hydrogen-bond acceptors (Lipinski definition) is 2. The van der Waals surface area contributed by atoms with Crippen LogP contribution in [0, 0.1) is 0 Å². The van der Waals surface area contributed by atoms with E-state index in [4.69, 9.17) is 10.8 Å². The fraction of sp³-hybridized carbons (Fsp3) is 0.300. The van der Waals surface area contributed by atoms with Crippen molar-refractivity contribution in [3.8, 4) is 0 Å². The summed E-state index contributed by atoms with van der Waals surface area (Å²) in [5.74, 6) is 0.0901. The zero-order valence-corrected chi connectivity index (χ0v) is 8.03. The van der Waals surface area contributed by atoms with Gasteiger partial charge in [0, 0.05) is 18.2 Å². The molecule has 0 aliphatic rings. The van der Waals surface area contributed by atoms with Crippen molar-refractivity contribution in [2.75, 3.05) is 12.3 Å². The third kappa shape index (κ3) is 2.65. The molecule has 1 amide bonds. The van der Waals surface area contributed by atoms with Crippen molar-refractivity contribution in [1.82, 2.24) is 5.32 Å². The molecule has 0 aromatic heterocycles. The van der Waals surface area contributed by atoms with Gasteiger partial charge in [-0.25, -0.2) is 4.79 Å². The van der Waals surface area contributed by atoms with Crippen molar-refractivity contribution < 1.29 is 9.90 Å². The van der Waals surface area contributed by atoms with Crippen LogP contribution in [0.4, 0.5) is 10.5 Å². The monoisotopic (exact) mass is 194 g/mol. The first kappa shape index (κ1) is 10.4. The van der Waals surface area contributed by atoms with E-state index in [0.717, 1.165) is 5.56 Å². The molecule has 0 unspecified atom stereocenters. The second-order valence-corrected chi connectivity index (χ2v) is 3.22. The molecule has 0 spiro atoms. The highest BCUT2D eigenvalue weighted by Gasteiger charge is 2.08. The SMILES string of the molecule is C[C@@H](CNC(=O)O)c1ccccc1N. The van der Waals surface area contributed by atoms with Gasteiger partial charge in [-0.05, 0) is 11.6 Å². The van der Waals surface area contributed by atoms with Crippen molar-refractivity contribution in [3.63, 3.8) is 0 Å². The van der Waals surface area contributed by atoms with Gasteiger partial charge in [0.25, 0.3) is 0 Å². The second-order valence-electron chi connectivity index (χ2n) is 3.22. The third-order valence-electron chi connectivity index (χ3n) is 2.09. The summed E-state index contributed by atoms with van der Waals surface area (Å²) >= 11 is 0. The van der Waals surface area contributed by atoms with E-state index in [1.54, 1.807) is 0 Å². The summed E-state index contributed by atoms with van der Waals surface area (Å²) in [6.45, 7) is 2.31. The fourth-order valence-electron chi connectivity index (χ4n) is 1.31. The molecule has 0 radical (unpaired) electrons. The normalized spacial score (nSPS) is 12.1. The lowest BCUT2D eigenvalue weighted by atomic mass is 9.99. The minimum atomic E-state index is -1.01. The molecule has 0 aliphatic carbocycles. The number of amides is 1. The zero-order valence-electron chi connectivity index (χ0n) is 8.03.